The number of anilines is 1. The van der Waals surface area contributed by atoms with Crippen molar-refractivity contribution in [3.05, 3.63) is 52.0 Å². The molecule has 18 heavy (non-hydrogen) atoms. The summed E-state index contributed by atoms with van der Waals surface area (Å²) in [7, 11) is 0. The smallest absolute Gasteiger partial charge is 0.146 e. The van der Waals surface area contributed by atoms with Crippen molar-refractivity contribution < 1.29 is 8.78 Å². The number of nitrogens with two attached hydrogens (primary N) is 1. The lowest BCUT2D eigenvalue weighted by Gasteiger charge is -2.10. The Morgan fingerprint density at radius 1 is 0.889 bits per heavy atom. The molecule has 2 rings (SSSR count). The van der Waals surface area contributed by atoms with E-state index in [1.165, 1.54) is 0 Å². The summed E-state index contributed by atoms with van der Waals surface area (Å²) in [5.41, 5.74) is 7.65. The van der Waals surface area contributed by atoms with Crippen molar-refractivity contribution in [3.63, 3.8) is 0 Å². The highest BCUT2D eigenvalue weighted by molar-refractivity contribution is 6.33. The van der Waals surface area contributed by atoms with E-state index < -0.39 is 11.6 Å². The molecule has 0 amide bonds. The Morgan fingerprint density at radius 2 is 1.50 bits per heavy atom. The summed E-state index contributed by atoms with van der Waals surface area (Å²) >= 11 is 6.08. The predicted molar refractivity (Wildman–Crippen MR) is 70.7 cm³/mol. The van der Waals surface area contributed by atoms with Gasteiger partial charge in [-0.05, 0) is 43.2 Å². The van der Waals surface area contributed by atoms with Crippen molar-refractivity contribution in [3.8, 4) is 11.1 Å². The van der Waals surface area contributed by atoms with Gasteiger partial charge in [-0.2, -0.15) is 0 Å². The third-order valence-corrected chi connectivity index (χ3v) is 3.27. The Morgan fingerprint density at radius 3 is 2.17 bits per heavy atom. The fraction of sp³-hybridized carbons (Fsp3) is 0.143. The summed E-state index contributed by atoms with van der Waals surface area (Å²) in [5, 5.41) is 0.390. The van der Waals surface area contributed by atoms with Crippen LogP contribution in [0.2, 0.25) is 5.02 Å². The van der Waals surface area contributed by atoms with Gasteiger partial charge in [-0.15, -0.1) is 0 Å². The SMILES string of the molecule is Cc1cc(Cl)c(-c2cc(F)c(N)cc2F)cc1C. The van der Waals surface area contributed by atoms with Crippen LogP contribution in [0.25, 0.3) is 11.1 Å². The van der Waals surface area contributed by atoms with E-state index in [-0.39, 0.29) is 11.3 Å². The minimum atomic E-state index is -0.652. The molecule has 0 saturated heterocycles. The van der Waals surface area contributed by atoms with Crippen molar-refractivity contribution in [2.45, 2.75) is 13.8 Å². The Balaban J connectivity index is 2.69. The highest BCUT2D eigenvalue weighted by atomic mass is 35.5. The lowest BCUT2D eigenvalue weighted by Crippen LogP contribution is -1.95. The van der Waals surface area contributed by atoms with E-state index in [2.05, 4.69) is 0 Å². The lowest BCUT2D eigenvalue weighted by atomic mass is 9.99. The molecule has 4 heteroatoms. The van der Waals surface area contributed by atoms with Crippen LogP contribution < -0.4 is 5.73 Å². The fourth-order valence-electron chi connectivity index (χ4n) is 1.76. The van der Waals surface area contributed by atoms with Gasteiger partial charge in [0, 0.05) is 22.2 Å². The molecule has 2 N–H and O–H groups in total. The first-order valence-corrected chi connectivity index (χ1v) is 5.79. The minimum absolute atomic E-state index is 0.120. The Labute approximate surface area is 109 Å². The third kappa shape index (κ3) is 2.18. The molecule has 0 unspecified atom stereocenters. The van der Waals surface area contributed by atoms with Crippen molar-refractivity contribution in [1.29, 1.82) is 0 Å². The van der Waals surface area contributed by atoms with Gasteiger partial charge >= 0.3 is 0 Å². The zero-order valence-electron chi connectivity index (χ0n) is 10.0. The van der Waals surface area contributed by atoms with E-state index in [1.54, 1.807) is 12.1 Å². The average molecular weight is 268 g/mol. The van der Waals surface area contributed by atoms with E-state index in [9.17, 15) is 8.78 Å². The second-order valence-electron chi connectivity index (χ2n) is 4.27. The monoisotopic (exact) mass is 267 g/mol. The summed E-state index contributed by atoms with van der Waals surface area (Å²) in [5.74, 6) is -1.24. The summed E-state index contributed by atoms with van der Waals surface area (Å²) in [6.45, 7) is 3.80. The molecule has 2 aromatic carbocycles. The average Bonchev–Trinajstić information content (AvgIpc) is 2.29. The third-order valence-electron chi connectivity index (χ3n) is 2.96. The normalized spacial score (nSPS) is 10.7. The van der Waals surface area contributed by atoms with Crippen molar-refractivity contribution >= 4 is 17.3 Å². The van der Waals surface area contributed by atoms with Gasteiger partial charge < -0.3 is 5.73 Å². The molecule has 1 nitrogen and oxygen atoms in total. The Kier molecular flexibility index (Phi) is 3.26. The molecular weight excluding hydrogens is 256 g/mol. The first-order valence-electron chi connectivity index (χ1n) is 5.42. The van der Waals surface area contributed by atoms with Gasteiger partial charge in [0.15, 0.2) is 0 Å². The molecule has 94 valence electrons. The molecular formula is C14H12ClF2N. The number of benzene rings is 2. The van der Waals surface area contributed by atoms with Crippen LogP contribution >= 0.6 is 11.6 Å². The lowest BCUT2D eigenvalue weighted by molar-refractivity contribution is 0.607. The van der Waals surface area contributed by atoms with Gasteiger partial charge in [-0.3, -0.25) is 0 Å². The molecule has 0 atom stereocenters. The van der Waals surface area contributed by atoms with Crippen molar-refractivity contribution in [2.24, 2.45) is 0 Å². The molecule has 0 fully saturated rings. The number of hydrogen-bond acceptors (Lipinski definition) is 1. The molecule has 0 bridgehead atoms. The summed E-state index contributed by atoms with van der Waals surface area (Å²) in [4.78, 5) is 0. The summed E-state index contributed by atoms with van der Waals surface area (Å²) < 4.78 is 27.2. The topological polar surface area (TPSA) is 26.0 Å². The number of nitrogen functional groups attached to an aromatic ring is 1. The van der Waals surface area contributed by atoms with Gasteiger partial charge in [0.1, 0.15) is 11.6 Å². The highest BCUT2D eigenvalue weighted by Gasteiger charge is 2.13. The molecule has 0 radical (unpaired) electrons. The van der Waals surface area contributed by atoms with Gasteiger partial charge in [-0.25, -0.2) is 8.78 Å². The number of aryl methyl sites for hydroxylation is 2. The maximum Gasteiger partial charge on any atom is 0.146 e. The molecule has 0 aliphatic heterocycles. The minimum Gasteiger partial charge on any atom is -0.396 e. The van der Waals surface area contributed by atoms with E-state index >= 15 is 0 Å². The molecule has 0 heterocycles. The van der Waals surface area contributed by atoms with E-state index in [1.807, 2.05) is 13.8 Å². The summed E-state index contributed by atoms with van der Waals surface area (Å²) in [6, 6.07) is 5.52. The zero-order valence-corrected chi connectivity index (χ0v) is 10.8. The maximum atomic E-state index is 13.8. The Bertz CT molecular complexity index is 568. The first-order chi connectivity index (χ1) is 8.40. The van der Waals surface area contributed by atoms with Gasteiger partial charge in [0.05, 0.1) is 5.69 Å². The van der Waals surface area contributed by atoms with Crippen LogP contribution in [0.3, 0.4) is 0 Å². The Hall–Kier alpha value is -1.61. The molecule has 0 spiro atoms. The van der Waals surface area contributed by atoms with Crippen LogP contribution in [0.5, 0.6) is 0 Å². The second-order valence-corrected chi connectivity index (χ2v) is 4.68. The molecule has 0 saturated carbocycles. The van der Waals surface area contributed by atoms with Gasteiger partial charge in [-0.1, -0.05) is 11.6 Å². The van der Waals surface area contributed by atoms with Crippen LogP contribution in [-0.4, -0.2) is 0 Å². The molecule has 0 aromatic heterocycles. The van der Waals surface area contributed by atoms with Crippen LogP contribution in [-0.2, 0) is 0 Å². The predicted octanol–water partition coefficient (Wildman–Crippen LogP) is 4.48. The zero-order chi connectivity index (χ0) is 13.4. The first kappa shape index (κ1) is 12.8. The second kappa shape index (κ2) is 4.58. The highest BCUT2D eigenvalue weighted by Crippen LogP contribution is 2.33. The van der Waals surface area contributed by atoms with Crippen LogP contribution in [0.15, 0.2) is 24.3 Å². The summed E-state index contributed by atoms with van der Waals surface area (Å²) in [6.07, 6.45) is 0. The van der Waals surface area contributed by atoms with Crippen LogP contribution in [0, 0.1) is 25.5 Å². The quantitative estimate of drug-likeness (QED) is 0.757. The molecule has 2 aromatic rings. The fourth-order valence-corrected chi connectivity index (χ4v) is 2.08. The standard InChI is InChI=1S/C14H12ClF2N/c1-7-3-9(11(15)4-8(7)2)10-5-13(17)14(18)6-12(10)16/h3-6H,18H2,1-2H3. The number of hydrogen-bond donors (Lipinski definition) is 1. The number of rotatable bonds is 1. The largest absolute Gasteiger partial charge is 0.396 e. The van der Waals surface area contributed by atoms with Crippen LogP contribution in [0.1, 0.15) is 11.1 Å². The molecule has 0 aliphatic carbocycles. The van der Waals surface area contributed by atoms with Crippen LogP contribution in [0.4, 0.5) is 14.5 Å². The van der Waals surface area contributed by atoms with E-state index in [4.69, 9.17) is 17.3 Å². The maximum absolute atomic E-state index is 13.8. The van der Waals surface area contributed by atoms with Crippen molar-refractivity contribution in [1.82, 2.24) is 0 Å². The molecule has 0 aliphatic rings. The van der Waals surface area contributed by atoms with Gasteiger partial charge in [0.2, 0.25) is 0 Å². The van der Waals surface area contributed by atoms with E-state index in [0.717, 1.165) is 23.3 Å². The van der Waals surface area contributed by atoms with E-state index in [0.29, 0.717) is 10.6 Å². The van der Waals surface area contributed by atoms with Crippen molar-refractivity contribution in [2.75, 3.05) is 5.73 Å². The van der Waals surface area contributed by atoms with Gasteiger partial charge in [0.25, 0.3) is 0 Å². The number of halogens is 3.